The van der Waals surface area contributed by atoms with E-state index >= 15 is 0 Å². The molecule has 1 amide bonds. The first-order valence-corrected chi connectivity index (χ1v) is 11.5. The van der Waals surface area contributed by atoms with Crippen LogP contribution >= 0.6 is 24.0 Å². The highest BCUT2D eigenvalue weighted by Crippen LogP contribution is 2.43. The Bertz CT molecular complexity index is 1240. The summed E-state index contributed by atoms with van der Waals surface area (Å²) in [5.74, 6) is -1.53. The fourth-order valence-corrected chi connectivity index (χ4v) is 4.26. The quantitative estimate of drug-likeness (QED) is 0.196. The van der Waals surface area contributed by atoms with E-state index in [-0.39, 0.29) is 44.5 Å². The van der Waals surface area contributed by atoms with Crippen molar-refractivity contribution in [3.05, 3.63) is 51.9 Å². The fraction of sp³-hybridized carbons (Fsp3) is 0.261. The topological polar surface area (TPSA) is 73.9 Å². The van der Waals surface area contributed by atoms with E-state index in [2.05, 4.69) is 5.32 Å². The van der Waals surface area contributed by atoms with Crippen molar-refractivity contribution in [3.8, 4) is 22.6 Å². The summed E-state index contributed by atoms with van der Waals surface area (Å²) in [5, 5.41) is 2.39. The number of halogens is 6. The predicted molar refractivity (Wildman–Crippen MR) is 127 cm³/mol. The van der Waals surface area contributed by atoms with Crippen LogP contribution in [0.3, 0.4) is 0 Å². The number of carbonyl (C=O) groups excluding carboxylic acids is 2. The first-order valence-electron chi connectivity index (χ1n) is 10.3. The second-order valence-corrected chi connectivity index (χ2v) is 9.06. The number of amides is 1. The smallest absolute Gasteiger partial charge is 0.416 e. The number of hydrogen-bond donors (Lipinski definition) is 1. The first kappa shape index (κ1) is 28.3. The van der Waals surface area contributed by atoms with Gasteiger partial charge >= 0.3 is 18.3 Å². The Morgan fingerprint density at radius 1 is 1.03 bits per heavy atom. The molecule has 198 valence electrons. The maximum atomic E-state index is 13.4. The standard InChI is InChI=1S/C23H17F6NO5S2/c1-3-34-18(31)10-35-19-13(8-17-20(32)30-21(36)37-17)4-11(7-16(19)33-2)12-5-14(22(24,25)26)9-15(6-12)23(27,28)29/h4-9H,3,10H2,1-2H3,(H,30,32,36)/b17-8-. The van der Waals surface area contributed by atoms with Crippen LogP contribution in [0.2, 0.25) is 0 Å². The van der Waals surface area contributed by atoms with Gasteiger partial charge in [0, 0.05) is 5.56 Å². The number of methoxy groups -OCH3 is 1. The molecular formula is C23H17F6NO5S2. The molecule has 1 aliphatic rings. The van der Waals surface area contributed by atoms with E-state index in [1.165, 1.54) is 19.3 Å². The molecule has 0 spiro atoms. The third kappa shape index (κ3) is 6.95. The highest BCUT2D eigenvalue weighted by molar-refractivity contribution is 8.26. The molecule has 3 rings (SSSR count). The molecule has 1 aliphatic heterocycles. The number of carbonyl (C=O) groups is 2. The van der Waals surface area contributed by atoms with Crippen LogP contribution in [0.15, 0.2) is 35.2 Å². The number of thiocarbonyl (C=S) groups is 1. The second-order valence-electron chi connectivity index (χ2n) is 7.34. The van der Waals surface area contributed by atoms with Gasteiger partial charge < -0.3 is 19.5 Å². The summed E-state index contributed by atoms with van der Waals surface area (Å²) >= 11 is 5.83. The molecule has 1 saturated heterocycles. The van der Waals surface area contributed by atoms with E-state index in [0.29, 0.717) is 12.1 Å². The van der Waals surface area contributed by atoms with Gasteiger partial charge in [0.1, 0.15) is 4.32 Å². The molecule has 14 heteroatoms. The summed E-state index contributed by atoms with van der Waals surface area (Å²) in [6.45, 7) is 1.06. The van der Waals surface area contributed by atoms with Crippen molar-refractivity contribution in [2.45, 2.75) is 19.3 Å². The van der Waals surface area contributed by atoms with Crippen molar-refractivity contribution in [1.29, 1.82) is 0 Å². The monoisotopic (exact) mass is 565 g/mol. The fourth-order valence-electron chi connectivity index (χ4n) is 3.22. The lowest BCUT2D eigenvalue weighted by Crippen LogP contribution is -2.17. The van der Waals surface area contributed by atoms with Gasteiger partial charge in [0.05, 0.1) is 29.7 Å². The van der Waals surface area contributed by atoms with E-state index < -0.39 is 47.5 Å². The van der Waals surface area contributed by atoms with Crippen LogP contribution in [-0.2, 0) is 26.7 Å². The Kier molecular flexibility index (Phi) is 8.42. The van der Waals surface area contributed by atoms with Gasteiger partial charge in [-0.05, 0) is 54.5 Å². The maximum absolute atomic E-state index is 13.4. The zero-order chi connectivity index (χ0) is 27.5. The summed E-state index contributed by atoms with van der Waals surface area (Å²) in [4.78, 5) is 24.1. The molecule has 0 bridgehead atoms. The lowest BCUT2D eigenvalue weighted by molar-refractivity contribution is -0.145. The normalized spacial score (nSPS) is 15.1. The Hall–Kier alpha value is -3.26. The van der Waals surface area contributed by atoms with Gasteiger partial charge in [0.25, 0.3) is 5.91 Å². The largest absolute Gasteiger partial charge is 0.493 e. The average Bonchev–Trinajstić information content (AvgIpc) is 3.12. The van der Waals surface area contributed by atoms with Crippen molar-refractivity contribution in [2.24, 2.45) is 0 Å². The third-order valence-electron chi connectivity index (χ3n) is 4.79. The van der Waals surface area contributed by atoms with Crippen molar-refractivity contribution < 1.29 is 50.1 Å². The minimum atomic E-state index is -5.05. The molecule has 0 aliphatic carbocycles. The van der Waals surface area contributed by atoms with Crippen LogP contribution in [0, 0.1) is 0 Å². The van der Waals surface area contributed by atoms with Gasteiger partial charge in [-0.25, -0.2) is 4.79 Å². The minimum absolute atomic E-state index is 0.0148. The number of rotatable bonds is 7. The number of ether oxygens (including phenoxy) is 3. The van der Waals surface area contributed by atoms with Crippen LogP contribution in [0.4, 0.5) is 26.3 Å². The van der Waals surface area contributed by atoms with Crippen LogP contribution in [-0.4, -0.2) is 36.5 Å². The highest BCUT2D eigenvalue weighted by Gasteiger charge is 2.37. The van der Waals surface area contributed by atoms with E-state index in [4.69, 9.17) is 26.4 Å². The van der Waals surface area contributed by atoms with Crippen LogP contribution < -0.4 is 14.8 Å². The van der Waals surface area contributed by atoms with Gasteiger partial charge in [0.15, 0.2) is 18.1 Å². The molecule has 0 radical (unpaired) electrons. The zero-order valence-electron chi connectivity index (χ0n) is 19.0. The molecule has 1 N–H and O–H groups in total. The molecule has 1 fully saturated rings. The summed E-state index contributed by atoms with van der Waals surface area (Å²) in [5.41, 5.74) is -3.50. The maximum Gasteiger partial charge on any atom is 0.416 e. The SMILES string of the molecule is CCOC(=O)COc1c(/C=C2\SC(=S)NC2=O)cc(-c2cc(C(F)(F)F)cc(C(F)(F)F)c2)cc1OC. The van der Waals surface area contributed by atoms with Crippen molar-refractivity contribution in [3.63, 3.8) is 0 Å². The molecule has 0 saturated carbocycles. The average molecular weight is 566 g/mol. The molecule has 0 unspecified atom stereocenters. The van der Waals surface area contributed by atoms with Crippen LogP contribution in [0.25, 0.3) is 17.2 Å². The van der Waals surface area contributed by atoms with E-state index in [9.17, 15) is 35.9 Å². The highest BCUT2D eigenvalue weighted by atomic mass is 32.2. The van der Waals surface area contributed by atoms with Gasteiger partial charge in [0.2, 0.25) is 0 Å². The van der Waals surface area contributed by atoms with E-state index in [1.54, 1.807) is 6.92 Å². The molecule has 37 heavy (non-hydrogen) atoms. The Balaban J connectivity index is 2.23. The summed E-state index contributed by atoms with van der Waals surface area (Å²) in [6, 6.07) is 3.50. The number of esters is 1. The summed E-state index contributed by atoms with van der Waals surface area (Å²) in [6.07, 6.45) is -8.84. The number of nitrogens with one attached hydrogen (secondary N) is 1. The Morgan fingerprint density at radius 3 is 2.11 bits per heavy atom. The van der Waals surface area contributed by atoms with Gasteiger partial charge in [-0.2, -0.15) is 26.3 Å². The lowest BCUT2D eigenvalue weighted by Gasteiger charge is -2.18. The van der Waals surface area contributed by atoms with Gasteiger partial charge in [-0.1, -0.05) is 24.0 Å². The van der Waals surface area contributed by atoms with Gasteiger partial charge in [-0.15, -0.1) is 0 Å². The lowest BCUT2D eigenvalue weighted by atomic mass is 9.96. The van der Waals surface area contributed by atoms with Crippen LogP contribution in [0.5, 0.6) is 11.5 Å². The Labute approximate surface area is 215 Å². The zero-order valence-corrected chi connectivity index (χ0v) is 20.6. The summed E-state index contributed by atoms with van der Waals surface area (Å²) in [7, 11) is 1.19. The third-order valence-corrected chi connectivity index (χ3v) is 5.96. The molecule has 0 atom stereocenters. The number of alkyl halides is 6. The molecule has 6 nitrogen and oxygen atoms in total. The van der Waals surface area contributed by atoms with Crippen molar-refractivity contribution in [1.82, 2.24) is 5.32 Å². The van der Waals surface area contributed by atoms with Gasteiger partial charge in [-0.3, -0.25) is 4.79 Å². The number of thioether (sulfide) groups is 1. The predicted octanol–water partition coefficient (Wildman–Crippen LogP) is 5.83. The summed E-state index contributed by atoms with van der Waals surface area (Å²) < 4.78 is 96.2. The van der Waals surface area contributed by atoms with E-state index in [0.717, 1.165) is 17.8 Å². The molecule has 2 aromatic rings. The second kappa shape index (κ2) is 11.0. The minimum Gasteiger partial charge on any atom is -0.493 e. The van der Waals surface area contributed by atoms with Crippen molar-refractivity contribution >= 4 is 46.3 Å². The molecule has 1 heterocycles. The van der Waals surface area contributed by atoms with Crippen molar-refractivity contribution in [2.75, 3.05) is 20.3 Å². The molecule has 2 aromatic carbocycles. The first-order chi connectivity index (χ1) is 17.2. The number of hydrogen-bond acceptors (Lipinski definition) is 7. The Morgan fingerprint density at radius 2 is 1.62 bits per heavy atom. The van der Waals surface area contributed by atoms with E-state index in [1.807, 2.05) is 0 Å². The molecular weight excluding hydrogens is 548 g/mol. The molecule has 0 aromatic heterocycles. The van der Waals surface area contributed by atoms with Crippen LogP contribution in [0.1, 0.15) is 23.6 Å². The number of benzene rings is 2.